The standard InChI is InChI=1S/C3H3N2O3/c6-5(7)3-1-4-8-2-3/h2H,1H2. The molecule has 0 fully saturated rings. The smallest absolute Gasteiger partial charge is 0.301 e. The summed E-state index contributed by atoms with van der Waals surface area (Å²) in [5.41, 5.74) is 3.26. The van der Waals surface area contributed by atoms with Crippen molar-refractivity contribution in [2.75, 3.05) is 6.54 Å². The highest BCUT2D eigenvalue weighted by Crippen LogP contribution is 2.00. The summed E-state index contributed by atoms with van der Waals surface area (Å²) in [5.74, 6) is 0. The Kier molecular flexibility index (Phi) is 1.13. The molecule has 0 spiro atoms. The monoisotopic (exact) mass is 115 g/mol. The maximum absolute atomic E-state index is 9.80. The second-order valence-electron chi connectivity index (χ2n) is 1.26. The minimum absolute atomic E-state index is 0.00463. The molecule has 1 aliphatic heterocycles. The van der Waals surface area contributed by atoms with Crippen LogP contribution in [-0.2, 0) is 4.84 Å². The van der Waals surface area contributed by atoms with Crippen LogP contribution >= 0.6 is 0 Å². The van der Waals surface area contributed by atoms with Crippen molar-refractivity contribution in [2.24, 2.45) is 0 Å². The third-order valence-corrected chi connectivity index (χ3v) is 0.724. The van der Waals surface area contributed by atoms with Crippen LogP contribution in [0.4, 0.5) is 0 Å². The molecule has 1 rings (SSSR count). The van der Waals surface area contributed by atoms with Gasteiger partial charge >= 0.3 is 5.70 Å². The Bertz CT molecular complexity index is 141. The minimum atomic E-state index is -0.517. The maximum atomic E-state index is 9.80. The molecular formula is C3H3N2O3. The molecule has 5 nitrogen and oxygen atoms in total. The Hall–Kier alpha value is -1.10. The second kappa shape index (κ2) is 1.79. The molecule has 1 aliphatic rings. The average molecular weight is 115 g/mol. The van der Waals surface area contributed by atoms with Gasteiger partial charge in [0, 0.05) is 0 Å². The lowest BCUT2D eigenvalue weighted by Crippen LogP contribution is -2.03. The molecule has 0 bridgehead atoms. The molecule has 8 heavy (non-hydrogen) atoms. The molecular weight excluding hydrogens is 112 g/mol. The number of rotatable bonds is 1. The van der Waals surface area contributed by atoms with Gasteiger partial charge in [-0.15, -0.1) is 0 Å². The summed E-state index contributed by atoms with van der Waals surface area (Å²) >= 11 is 0. The number of hydrogen-bond donors (Lipinski definition) is 0. The van der Waals surface area contributed by atoms with Gasteiger partial charge in [-0.1, -0.05) is 0 Å². The SMILES string of the molecule is O=[N+]([O-])C1=CO[N]C1. The van der Waals surface area contributed by atoms with E-state index in [1.807, 2.05) is 0 Å². The Morgan fingerprint density at radius 1 is 2.00 bits per heavy atom. The topological polar surface area (TPSA) is 66.5 Å². The third kappa shape index (κ3) is 0.760. The van der Waals surface area contributed by atoms with E-state index >= 15 is 0 Å². The van der Waals surface area contributed by atoms with Crippen molar-refractivity contribution in [3.05, 3.63) is 22.1 Å². The fourth-order valence-electron chi connectivity index (χ4n) is 0.340. The molecule has 0 amide bonds. The summed E-state index contributed by atoms with van der Waals surface area (Å²) in [4.78, 5) is 13.5. The van der Waals surface area contributed by atoms with Crippen molar-refractivity contribution in [1.29, 1.82) is 0 Å². The van der Waals surface area contributed by atoms with E-state index in [2.05, 4.69) is 10.3 Å². The molecule has 0 unspecified atom stereocenters. The van der Waals surface area contributed by atoms with Crippen molar-refractivity contribution < 1.29 is 9.76 Å². The van der Waals surface area contributed by atoms with Gasteiger partial charge in [-0.2, -0.15) is 0 Å². The van der Waals surface area contributed by atoms with E-state index in [-0.39, 0.29) is 12.2 Å². The van der Waals surface area contributed by atoms with Gasteiger partial charge in [0.15, 0.2) is 6.26 Å². The van der Waals surface area contributed by atoms with E-state index in [0.717, 1.165) is 6.26 Å². The molecule has 0 saturated heterocycles. The van der Waals surface area contributed by atoms with Crippen molar-refractivity contribution in [3.63, 3.8) is 0 Å². The summed E-state index contributed by atoms with van der Waals surface area (Å²) in [6.45, 7) is 0.0625. The zero-order chi connectivity index (χ0) is 5.98. The van der Waals surface area contributed by atoms with Gasteiger partial charge in [0.25, 0.3) is 0 Å². The Morgan fingerprint density at radius 3 is 3.00 bits per heavy atom. The van der Waals surface area contributed by atoms with E-state index in [1.54, 1.807) is 0 Å². The Labute approximate surface area is 45.0 Å². The summed E-state index contributed by atoms with van der Waals surface area (Å²) < 4.78 is 0. The molecule has 0 atom stereocenters. The highest BCUT2D eigenvalue weighted by molar-refractivity contribution is 4.90. The molecule has 1 radical (unpaired) electrons. The van der Waals surface area contributed by atoms with Crippen LogP contribution in [0.25, 0.3) is 0 Å². The quantitative estimate of drug-likeness (QED) is 0.346. The highest BCUT2D eigenvalue weighted by Gasteiger charge is 2.17. The largest absolute Gasteiger partial charge is 0.388 e. The van der Waals surface area contributed by atoms with E-state index in [1.165, 1.54) is 0 Å². The van der Waals surface area contributed by atoms with Crippen LogP contribution < -0.4 is 5.48 Å². The Balaban J connectivity index is 2.57. The Morgan fingerprint density at radius 2 is 2.75 bits per heavy atom. The average Bonchev–Trinajstić information content (AvgIpc) is 2.12. The predicted molar refractivity (Wildman–Crippen MR) is 23.2 cm³/mol. The molecule has 0 aliphatic carbocycles. The third-order valence-electron chi connectivity index (χ3n) is 0.724. The van der Waals surface area contributed by atoms with Crippen molar-refractivity contribution in [3.8, 4) is 0 Å². The predicted octanol–water partition coefficient (Wildman–Crippen LogP) is -0.346. The summed E-state index contributed by atoms with van der Waals surface area (Å²) in [5, 5.41) is 9.80. The van der Waals surface area contributed by atoms with Gasteiger partial charge in [0.1, 0.15) is 6.54 Å². The number of hydroxylamine groups is 1. The molecule has 0 saturated carbocycles. The van der Waals surface area contributed by atoms with Crippen molar-refractivity contribution in [1.82, 2.24) is 5.48 Å². The van der Waals surface area contributed by atoms with Gasteiger partial charge in [-0.25, -0.2) is 0 Å². The van der Waals surface area contributed by atoms with Gasteiger partial charge in [0.2, 0.25) is 0 Å². The summed E-state index contributed by atoms with van der Waals surface area (Å²) in [6.07, 6.45) is 1.03. The van der Waals surface area contributed by atoms with Gasteiger partial charge in [-0.3, -0.25) is 10.1 Å². The zero-order valence-electron chi connectivity index (χ0n) is 3.90. The normalized spacial score (nSPS) is 17.2. The van der Waals surface area contributed by atoms with E-state index in [4.69, 9.17) is 0 Å². The first-order valence-corrected chi connectivity index (χ1v) is 1.97. The lowest BCUT2D eigenvalue weighted by molar-refractivity contribution is -0.425. The van der Waals surface area contributed by atoms with Crippen LogP contribution in [0.1, 0.15) is 0 Å². The second-order valence-corrected chi connectivity index (χ2v) is 1.26. The fourth-order valence-corrected chi connectivity index (χ4v) is 0.340. The lowest BCUT2D eigenvalue weighted by Gasteiger charge is -1.80. The van der Waals surface area contributed by atoms with E-state index < -0.39 is 4.92 Å². The number of nitrogens with zero attached hydrogens (tertiary/aromatic N) is 2. The first kappa shape index (κ1) is 5.04. The van der Waals surface area contributed by atoms with Crippen LogP contribution in [0.2, 0.25) is 0 Å². The number of nitro groups is 1. The maximum Gasteiger partial charge on any atom is 0.301 e. The highest BCUT2D eigenvalue weighted by atomic mass is 16.7. The lowest BCUT2D eigenvalue weighted by atomic mass is 10.5. The molecule has 0 N–H and O–H groups in total. The van der Waals surface area contributed by atoms with Crippen LogP contribution in [0.5, 0.6) is 0 Å². The molecule has 0 aromatic carbocycles. The molecule has 43 valence electrons. The van der Waals surface area contributed by atoms with Crippen molar-refractivity contribution in [2.45, 2.75) is 0 Å². The van der Waals surface area contributed by atoms with Gasteiger partial charge in [0.05, 0.1) is 4.92 Å². The first-order chi connectivity index (χ1) is 3.80. The minimum Gasteiger partial charge on any atom is -0.388 e. The van der Waals surface area contributed by atoms with Crippen LogP contribution in [0.3, 0.4) is 0 Å². The molecule has 0 aromatic heterocycles. The molecule has 5 heteroatoms. The summed E-state index contributed by atoms with van der Waals surface area (Å²) in [6, 6.07) is 0. The van der Waals surface area contributed by atoms with E-state index in [0.29, 0.717) is 0 Å². The van der Waals surface area contributed by atoms with Crippen LogP contribution in [-0.4, -0.2) is 11.5 Å². The van der Waals surface area contributed by atoms with E-state index in [9.17, 15) is 10.1 Å². The zero-order valence-corrected chi connectivity index (χ0v) is 3.90. The fraction of sp³-hybridized carbons (Fsp3) is 0.333. The van der Waals surface area contributed by atoms with Crippen molar-refractivity contribution >= 4 is 0 Å². The van der Waals surface area contributed by atoms with Crippen LogP contribution in [0.15, 0.2) is 12.0 Å². The molecule has 1 heterocycles. The van der Waals surface area contributed by atoms with Gasteiger partial charge < -0.3 is 4.84 Å². The summed E-state index contributed by atoms with van der Waals surface area (Å²) in [7, 11) is 0. The molecule has 0 aromatic rings. The van der Waals surface area contributed by atoms with Crippen LogP contribution in [0, 0.1) is 10.1 Å². The number of hydrogen-bond acceptors (Lipinski definition) is 3. The first-order valence-electron chi connectivity index (χ1n) is 1.97. The van der Waals surface area contributed by atoms with Gasteiger partial charge in [-0.05, 0) is 5.48 Å².